The molecule has 1 atom stereocenters. The van der Waals surface area contributed by atoms with E-state index in [1.807, 2.05) is 54.6 Å². The molecule has 1 saturated heterocycles. The van der Waals surface area contributed by atoms with Crippen LogP contribution in [-0.4, -0.2) is 48.3 Å². The largest absolute Gasteiger partial charge is 0.492 e. The first-order valence-electron chi connectivity index (χ1n) is 11.5. The molecular weight excluding hydrogens is 430 g/mol. The van der Waals surface area contributed by atoms with Crippen LogP contribution in [0.5, 0.6) is 5.75 Å². The monoisotopic (exact) mass is 459 g/mol. The second-order valence-electron chi connectivity index (χ2n) is 8.27. The fourth-order valence-electron chi connectivity index (χ4n) is 3.93. The molecule has 0 aliphatic carbocycles. The number of anilines is 2. The van der Waals surface area contributed by atoms with E-state index in [0.29, 0.717) is 25.4 Å². The molecule has 3 aromatic rings. The Hall–Kier alpha value is -3.94. The van der Waals surface area contributed by atoms with Crippen LogP contribution in [0.25, 0.3) is 11.3 Å². The predicted octanol–water partition coefficient (Wildman–Crippen LogP) is 3.51. The summed E-state index contributed by atoms with van der Waals surface area (Å²) in [4.78, 5) is 25.9. The number of hydrogen-bond acceptors (Lipinski definition) is 6. The summed E-state index contributed by atoms with van der Waals surface area (Å²) in [5.41, 5.74) is 2.59. The molecule has 176 valence electrons. The lowest BCUT2D eigenvalue weighted by atomic mass is 9.97. The molecule has 0 spiro atoms. The van der Waals surface area contributed by atoms with Gasteiger partial charge in [0.15, 0.2) is 5.82 Å². The first-order chi connectivity index (χ1) is 16.6. The predicted molar refractivity (Wildman–Crippen MR) is 132 cm³/mol. The zero-order valence-electron chi connectivity index (χ0n) is 19.2. The summed E-state index contributed by atoms with van der Waals surface area (Å²) < 4.78 is 5.59. The van der Waals surface area contributed by atoms with Gasteiger partial charge in [0.2, 0.25) is 11.8 Å². The van der Waals surface area contributed by atoms with Gasteiger partial charge in [0.25, 0.3) is 0 Å². The number of piperidine rings is 1. The molecule has 34 heavy (non-hydrogen) atoms. The van der Waals surface area contributed by atoms with Gasteiger partial charge in [-0.1, -0.05) is 30.3 Å². The number of ether oxygens (including phenoxy) is 1. The Balaban J connectivity index is 1.30. The zero-order valence-corrected chi connectivity index (χ0v) is 19.2. The summed E-state index contributed by atoms with van der Waals surface area (Å²) in [5.74, 6) is 1.26. The van der Waals surface area contributed by atoms with Crippen molar-refractivity contribution in [3.8, 4) is 17.0 Å². The highest BCUT2D eigenvalue weighted by Crippen LogP contribution is 2.25. The van der Waals surface area contributed by atoms with E-state index in [1.165, 1.54) is 6.92 Å². The van der Waals surface area contributed by atoms with Crippen LogP contribution in [0.2, 0.25) is 0 Å². The average molecular weight is 460 g/mol. The standard InChI is InChI=1S/C26H29N5O3/c1-19(32)27-15-17-34-23-11-9-22(10-12-23)28-26(33)21-8-5-16-31(18-21)25-14-13-24(29-30-25)20-6-3-2-4-7-20/h2-4,6-7,9-14,21H,5,8,15-18H2,1H3,(H,27,32)(H,28,33). The number of carbonyl (C=O) groups excluding carboxylic acids is 2. The number of aromatic nitrogens is 2. The van der Waals surface area contributed by atoms with E-state index in [9.17, 15) is 9.59 Å². The summed E-state index contributed by atoms with van der Waals surface area (Å²) in [6.45, 7) is 3.77. The number of nitrogens with zero attached hydrogens (tertiary/aromatic N) is 3. The topological polar surface area (TPSA) is 96.5 Å². The lowest BCUT2D eigenvalue weighted by molar-refractivity contribution is -0.120. The molecule has 0 radical (unpaired) electrons. The molecule has 2 N–H and O–H groups in total. The lowest BCUT2D eigenvalue weighted by Crippen LogP contribution is -2.41. The van der Waals surface area contributed by atoms with E-state index in [1.54, 1.807) is 12.1 Å². The fourth-order valence-corrected chi connectivity index (χ4v) is 3.93. The van der Waals surface area contributed by atoms with Gasteiger partial charge in [-0.2, -0.15) is 0 Å². The number of carbonyl (C=O) groups is 2. The van der Waals surface area contributed by atoms with Crippen LogP contribution in [0.3, 0.4) is 0 Å². The van der Waals surface area contributed by atoms with Crippen LogP contribution in [0, 0.1) is 5.92 Å². The Bertz CT molecular complexity index is 1090. The summed E-state index contributed by atoms with van der Waals surface area (Å²) in [6, 6.07) is 21.2. The third-order valence-electron chi connectivity index (χ3n) is 5.70. The van der Waals surface area contributed by atoms with Gasteiger partial charge in [-0.15, -0.1) is 10.2 Å². The maximum atomic E-state index is 12.9. The molecule has 1 aliphatic heterocycles. The van der Waals surface area contributed by atoms with Crippen LogP contribution >= 0.6 is 0 Å². The Morgan fingerprint density at radius 1 is 1.03 bits per heavy atom. The first-order valence-corrected chi connectivity index (χ1v) is 11.5. The summed E-state index contributed by atoms with van der Waals surface area (Å²) >= 11 is 0. The van der Waals surface area contributed by atoms with Crippen molar-refractivity contribution in [1.82, 2.24) is 15.5 Å². The van der Waals surface area contributed by atoms with E-state index < -0.39 is 0 Å². The zero-order chi connectivity index (χ0) is 23.8. The van der Waals surface area contributed by atoms with Gasteiger partial charge in [0.05, 0.1) is 18.2 Å². The first kappa shape index (κ1) is 23.2. The van der Waals surface area contributed by atoms with Crippen molar-refractivity contribution in [2.45, 2.75) is 19.8 Å². The highest BCUT2D eigenvalue weighted by atomic mass is 16.5. The molecule has 8 nitrogen and oxygen atoms in total. The van der Waals surface area contributed by atoms with Crippen molar-refractivity contribution >= 4 is 23.3 Å². The highest BCUT2D eigenvalue weighted by molar-refractivity contribution is 5.93. The minimum atomic E-state index is -0.127. The van der Waals surface area contributed by atoms with Crippen LogP contribution < -0.4 is 20.3 Å². The van der Waals surface area contributed by atoms with Gasteiger partial charge in [-0.25, -0.2) is 0 Å². The SMILES string of the molecule is CC(=O)NCCOc1ccc(NC(=O)C2CCCN(c3ccc(-c4ccccc4)nn3)C2)cc1. The van der Waals surface area contributed by atoms with E-state index in [-0.39, 0.29) is 17.7 Å². The van der Waals surface area contributed by atoms with Crippen molar-refractivity contribution in [3.63, 3.8) is 0 Å². The summed E-state index contributed by atoms with van der Waals surface area (Å²) in [5, 5.41) is 14.5. The lowest BCUT2D eigenvalue weighted by Gasteiger charge is -2.32. The van der Waals surface area contributed by atoms with Gasteiger partial charge in [0.1, 0.15) is 12.4 Å². The molecule has 1 aliphatic rings. The number of amides is 2. The highest BCUT2D eigenvalue weighted by Gasteiger charge is 2.27. The molecule has 2 heterocycles. The Kier molecular flexibility index (Phi) is 7.70. The maximum absolute atomic E-state index is 12.9. The van der Waals surface area contributed by atoms with E-state index in [2.05, 4.69) is 25.7 Å². The molecule has 2 aromatic carbocycles. The van der Waals surface area contributed by atoms with Gasteiger partial charge in [-0.05, 0) is 49.2 Å². The molecule has 8 heteroatoms. The number of hydrogen-bond donors (Lipinski definition) is 2. The van der Waals surface area contributed by atoms with Crippen molar-refractivity contribution in [2.24, 2.45) is 5.92 Å². The quantitative estimate of drug-likeness (QED) is 0.501. The smallest absolute Gasteiger partial charge is 0.229 e. The van der Waals surface area contributed by atoms with Crippen molar-refractivity contribution in [3.05, 3.63) is 66.7 Å². The van der Waals surface area contributed by atoms with Crippen LogP contribution in [-0.2, 0) is 9.59 Å². The summed E-state index contributed by atoms with van der Waals surface area (Å²) in [6.07, 6.45) is 1.75. The second kappa shape index (κ2) is 11.3. The minimum Gasteiger partial charge on any atom is -0.492 e. The molecule has 1 aromatic heterocycles. The van der Waals surface area contributed by atoms with Crippen LogP contribution in [0.1, 0.15) is 19.8 Å². The number of nitrogens with one attached hydrogen (secondary N) is 2. The maximum Gasteiger partial charge on any atom is 0.229 e. The fraction of sp³-hybridized carbons (Fsp3) is 0.308. The molecule has 4 rings (SSSR count). The summed E-state index contributed by atoms with van der Waals surface area (Å²) in [7, 11) is 0. The van der Waals surface area contributed by atoms with Crippen LogP contribution in [0.4, 0.5) is 11.5 Å². The molecule has 1 fully saturated rings. The van der Waals surface area contributed by atoms with Gasteiger partial charge < -0.3 is 20.3 Å². The normalized spacial score (nSPS) is 15.4. The average Bonchev–Trinajstić information content (AvgIpc) is 2.88. The number of rotatable bonds is 8. The van der Waals surface area contributed by atoms with Crippen molar-refractivity contribution in [2.75, 3.05) is 36.5 Å². The van der Waals surface area contributed by atoms with Crippen molar-refractivity contribution < 1.29 is 14.3 Å². The Morgan fingerprint density at radius 2 is 1.82 bits per heavy atom. The number of benzene rings is 2. The van der Waals surface area contributed by atoms with Gasteiger partial charge in [0, 0.05) is 31.3 Å². The Labute approximate surface area is 199 Å². The minimum absolute atomic E-state index is 0.00195. The molecule has 0 bridgehead atoms. The Morgan fingerprint density at radius 3 is 2.53 bits per heavy atom. The van der Waals surface area contributed by atoms with Crippen LogP contribution in [0.15, 0.2) is 66.7 Å². The molecule has 1 unspecified atom stereocenters. The molecule has 2 amide bonds. The third-order valence-corrected chi connectivity index (χ3v) is 5.70. The third kappa shape index (κ3) is 6.31. The molecule has 0 saturated carbocycles. The van der Waals surface area contributed by atoms with E-state index in [4.69, 9.17) is 4.74 Å². The second-order valence-corrected chi connectivity index (χ2v) is 8.27. The van der Waals surface area contributed by atoms with Gasteiger partial charge >= 0.3 is 0 Å². The van der Waals surface area contributed by atoms with Gasteiger partial charge in [-0.3, -0.25) is 9.59 Å². The van der Waals surface area contributed by atoms with Crippen molar-refractivity contribution in [1.29, 1.82) is 0 Å². The van der Waals surface area contributed by atoms with E-state index in [0.717, 1.165) is 42.1 Å². The molecular formula is C26H29N5O3. The van der Waals surface area contributed by atoms with E-state index >= 15 is 0 Å².